The lowest BCUT2D eigenvalue weighted by Gasteiger charge is -2.17. The number of carbonyl (C=O) groups excluding carboxylic acids is 1. The Balaban J connectivity index is 2.21. The second-order valence-corrected chi connectivity index (χ2v) is 7.58. The van der Waals surface area contributed by atoms with E-state index in [1.54, 1.807) is 15.8 Å². The second-order valence-electron chi connectivity index (χ2n) is 6.88. The molecule has 32 heavy (non-hydrogen) atoms. The molecule has 3 rings (SSSR count). The van der Waals surface area contributed by atoms with Crippen molar-refractivity contribution in [2.45, 2.75) is 27.3 Å². The fourth-order valence-electron chi connectivity index (χ4n) is 2.93. The molecular weight excluding hydrogens is 436 g/mol. The van der Waals surface area contributed by atoms with Gasteiger partial charge in [-0.15, -0.1) is 0 Å². The Labute approximate surface area is 187 Å². The zero-order valence-corrected chi connectivity index (χ0v) is 19.1. The van der Waals surface area contributed by atoms with Crippen molar-refractivity contribution < 1.29 is 18.3 Å². The first-order valence-corrected chi connectivity index (χ1v) is 11.1. The smallest absolute Gasteiger partial charge is 0.287 e. The van der Waals surface area contributed by atoms with E-state index in [1.165, 1.54) is 0 Å². The first-order valence-electron chi connectivity index (χ1n) is 10.0. The van der Waals surface area contributed by atoms with Gasteiger partial charge in [0, 0.05) is 26.4 Å². The molecule has 3 aromatic rings. The number of carbonyl (C=O) groups is 1. The van der Waals surface area contributed by atoms with E-state index in [1.807, 2.05) is 44.7 Å². The molecule has 0 aliphatic rings. The molecule has 0 radical (unpaired) electrons. The zero-order chi connectivity index (χ0) is 23.3. The number of pyridine rings is 1. The summed E-state index contributed by atoms with van der Waals surface area (Å²) in [4.78, 5) is 27.9. The summed E-state index contributed by atoms with van der Waals surface area (Å²) in [7, 11) is 1.82. The van der Waals surface area contributed by atoms with E-state index in [-0.39, 0.29) is 11.2 Å². The van der Waals surface area contributed by atoms with E-state index in [9.17, 15) is 9.00 Å². The zero-order valence-electron chi connectivity index (χ0n) is 18.3. The summed E-state index contributed by atoms with van der Waals surface area (Å²) in [5.41, 5.74) is 1.61. The van der Waals surface area contributed by atoms with Gasteiger partial charge in [0.25, 0.3) is 17.2 Å². The molecule has 3 heterocycles. The van der Waals surface area contributed by atoms with Crippen molar-refractivity contribution in [1.29, 1.82) is 0 Å². The summed E-state index contributed by atoms with van der Waals surface area (Å²) in [6.07, 6.45) is 1.68. The van der Waals surface area contributed by atoms with Crippen molar-refractivity contribution in [3.05, 3.63) is 29.6 Å². The number of hydrogen-bond donors (Lipinski definition) is 3. The van der Waals surface area contributed by atoms with Gasteiger partial charge in [0.1, 0.15) is 16.9 Å². The number of amides is 1. The molecular formula is C19H26N8O4S. The number of nitrogens with one attached hydrogen (secondary N) is 2. The van der Waals surface area contributed by atoms with E-state index >= 15 is 0 Å². The minimum absolute atomic E-state index is 0.0905. The van der Waals surface area contributed by atoms with Crippen LogP contribution in [0.3, 0.4) is 0 Å². The average molecular weight is 463 g/mol. The Morgan fingerprint density at radius 3 is 2.78 bits per heavy atom. The third kappa shape index (κ3) is 5.36. The van der Waals surface area contributed by atoms with Crippen LogP contribution in [0.1, 0.15) is 29.9 Å². The first kappa shape index (κ1) is 23.5. The maximum absolute atomic E-state index is 12.6. The van der Waals surface area contributed by atoms with Crippen molar-refractivity contribution in [2.24, 2.45) is 0 Å². The van der Waals surface area contributed by atoms with Gasteiger partial charge in [-0.1, -0.05) is 0 Å². The van der Waals surface area contributed by atoms with Gasteiger partial charge in [0.15, 0.2) is 11.5 Å². The quantitative estimate of drug-likeness (QED) is 0.300. The van der Waals surface area contributed by atoms with Crippen LogP contribution in [-0.4, -0.2) is 66.2 Å². The Kier molecular flexibility index (Phi) is 7.66. The van der Waals surface area contributed by atoms with Crippen LogP contribution in [0.25, 0.3) is 11.0 Å². The van der Waals surface area contributed by atoms with Crippen molar-refractivity contribution in [2.75, 3.05) is 37.0 Å². The van der Waals surface area contributed by atoms with Crippen LogP contribution in [0, 0.1) is 6.92 Å². The molecule has 0 fully saturated rings. The first-order chi connectivity index (χ1) is 15.3. The van der Waals surface area contributed by atoms with Crippen LogP contribution in [0.5, 0.6) is 0 Å². The van der Waals surface area contributed by atoms with Gasteiger partial charge < -0.3 is 15.0 Å². The van der Waals surface area contributed by atoms with Crippen LogP contribution in [0.2, 0.25) is 0 Å². The number of aromatic nitrogens is 5. The molecule has 1 amide bonds. The van der Waals surface area contributed by atoms with Crippen LogP contribution in [-0.2, 0) is 22.5 Å². The molecule has 0 saturated carbocycles. The third-order valence-electron chi connectivity index (χ3n) is 4.60. The van der Waals surface area contributed by atoms with Gasteiger partial charge in [-0.2, -0.15) is 10.1 Å². The lowest BCUT2D eigenvalue weighted by atomic mass is 10.3. The van der Waals surface area contributed by atoms with E-state index in [2.05, 4.69) is 25.4 Å². The lowest BCUT2D eigenvalue weighted by molar-refractivity contribution is 0.0975. The number of ether oxygens (including phenoxy) is 1. The molecule has 1 atom stereocenters. The lowest BCUT2D eigenvalue weighted by Crippen LogP contribution is -2.26. The molecule has 0 aliphatic heterocycles. The highest BCUT2D eigenvalue weighted by Crippen LogP contribution is 2.28. The minimum atomic E-state index is -2.54. The van der Waals surface area contributed by atoms with Gasteiger partial charge in [-0.25, -0.2) is 18.9 Å². The fourth-order valence-corrected chi connectivity index (χ4v) is 3.19. The Hall–Kier alpha value is -3.16. The van der Waals surface area contributed by atoms with E-state index in [0.717, 1.165) is 5.56 Å². The minimum Gasteiger partial charge on any atom is -0.380 e. The van der Waals surface area contributed by atoms with Crippen molar-refractivity contribution >= 4 is 45.8 Å². The van der Waals surface area contributed by atoms with E-state index in [0.29, 0.717) is 49.4 Å². The van der Waals surface area contributed by atoms with Gasteiger partial charge in [0.2, 0.25) is 5.95 Å². The molecule has 172 valence electrons. The van der Waals surface area contributed by atoms with Gasteiger partial charge >= 0.3 is 0 Å². The maximum Gasteiger partial charge on any atom is 0.287 e. The Bertz CT molecular complexity index is 1140. The predicted octanol–water partition coefficient (Wildman–Crippen LogP) is 1.63. The second kappa shape index (κ2) is 10.4. The fraction of sp³-hybridized carbons (Fsp3) is 0.421. The molecule has 3 N–H and O–H groups in total. The number of nitrogens with zero attached hydrogens (tertiary/aromatic N) is 6. The molecule has 0 aromatic carbocycles. The topological polar surface area (TPSA) is 147 Å². The van der Waals surface area contributed by atoms with E-state index < -0.39 is 17.2 Å². The average Bonchev–Trinajstić information content (AvgIpc) is 3.12. The molecule has 0 saturated heterocycles. The van der Waals surface area contributed by atoms with Gasteiger partial charge in [-0.3, -0.25) is 14.0 Å². The molecule has 1 unspecified atom stereocenters. The Morgan fingerprint density at radius 1 is 1.34 bits per heavy atom. The van der Waals surface area contributed by atoms with E-state index in [4.69, 9.17) is 9.29 Å². The largest absolute Gasteiger partial charge is 0.380 e. The number of hydrogen-bond acceptors (Lipinski definition) is 9. The van der Waals surface area contributed by atoms with Crippen LogP contribution < -0.4 is 14.9 Å². The summed E-state index contributed by atoms with van der Waals surface area (Å²) < 4.78 is 29.2. The maximum atomic E-state index is 12.6. The summed E-state index contributed by atoms with van der Waals surface area (Å²) >= 11 is -2.54. The number of anilines is 3. The molecule has 12 nitrogen and oxygen atoms in total. The third-order valence-corrected chi connectivity index (χ3v) is 4.96. The predicted molar refractivity (Wildman–Crippen MR) is 121 cm³/mol. The summed E-state index contributed by atoms with van der Waals surface area (Å²) in [6, 6.07) is 3.74. The number of rotatable bonds is 10. The summed E-state index contributed by atoms with van der Waals surface area (Å²) in [5, 5.41) is 7.56. The molecule has 0 spiro atoms. The van der Waals surface area contributed by atoms with Crippen molar-refractivity contribution in [3.63, 3.8) is 0 Å². The summed E-state index contributed by atoms with van der Waals surface area (Å²) in [6.45, 7) is 7.58. The highest BCUT2D eigenvalue weighted by molar-refractivity contribution is 7.77. The molecule has 13 heteroatoms. The standard InChI is InChI=1S/C19H26N8O4S/c1-5-26(4)19-22-14-15(18(28)25-32(29)30)24-27(9-10-31-6-2)16(14)17(23-19)21-13-11-12(3)7-8-20-13/h7-8,11H,5-6,9-10H2,1-4H3,(H,25,28)(H,29,30)(H,20,21,22,23). The Morgan fingerprint density at radius 2 is 2.12 bits per heavy atom. The van der Waals surface area contributed by atoms with Crippen LogP contribution in [0.4, 0.5) is 17.6 Å². The highest BCUT2D eigenvalue weighted by Gasteiger charge is 2.25. The normalized spacial score (nSPS) is 12.0. The van der Waals surface area contributed by atoms with Gasteiger partial charge in [0.05, 0.1) is 13.2 Å². The number of aryl methyl sites for hydroxylation is 1. The molecule has 0 aliphatic carbocycles. The molecule has 3 aromatic heterocycles. The SMILES string of the molecule is CCOCCn1nc(C(=O)NS(=O)O)c2nc(N(C)CC)nc(Nc3cc(C)ccn3)c21. The monoisotopic (exact) mass is 462 g/mol. The van der Waals surface area contributed by atoms with Crippen LogP contribution in [0.15, 0.2) is 18.3 Å². The number of fused-ring (bicyclic) bond motifs is 1. The molecule has 0 bridgehead atoms. The highest BCUT2D eigenvalue weighted by atomic mass is 32.2. The van der Waals surface area contributed by atoms with Gasteiger partial charge in [-0.05, 0) is 38.5 Å². The van der Waals surface area contributed by atoms with Crippen molar-refractivity contribution in [3.8, 4) is 0 Å². The summed E-state index contributed by atoms with van der Waals surface area (Å²) in [5.74, 6) is 0.500. The van der Waals surface area contributed by atoms with Crippen LogP contribution >= 0.6 is 0 Å². The van der Waals surface area contributed by atoms with Crippen molar-refractivity contribution in [1.82, 2.24) is 29.5 Å².